The summed E-state index contributed by atoms with van der Waals surface area (Å²) in [6.07, 6.45) is 1.49. The van der Waals surface area contributed by atoms with Crippen molar-refractivity contribution in [3.8, 4) is 22.8 Å². The van der Waals surface area contributed by atoms with E-state index >= 15 is 0 Å². The maximum atomic E-state index is 11.3. The molecule has 0 aliphatic carbocycles. The quantitative estimate of drug-likeness (QED) is 0.322. The maximum Gasteiger partial charge on any atom is 0.314 e. The van der Waals surface area contributed by atoms with E-state index in [1.54, 1.807) is 11.8 Å². The number of nitrogens with two attached hydrogens (primary N) is 2. The first-order valence-electron chi connectivity index (χ1n) is 7.72. The lowest BCUT2D eigenvalue weighted by atomic mass is 10.1. The highest BCUT2D eigenvalue weighted by atomic mass is 32.2. The number of thioether (sulfide) groups is 1. The van der Waals surface area contributed by atoms with Crippen LogP contribution in [0.4, 0.5) is 5.69 Å². The summed E-state index contributed by atoms with van der Waals surface area (Å²) >= 11 is 1.59. The van der Waals surface area contributed by atoms with Crippen LogP contribution in [-0.2, 0) is 6.54 Å². The molecule has 0 saturated carbocycles. The third kappa shape index (κ3) is 3.51. The molecule has 1 aromatic heterocycles. The minimum absolute atomic E-state index is 0.101. The van der Waals surface area contributed by atoms with Crippen LogP contribution >= 0.6 is 11.8 Å². The van der Waals surface area contributed by atoms with Gasteiger partial charge in [0.1, 0.15) is 11.4 Å². The molecule has 142 valence electrons. The van der Waals surface area contributed by atoms with Crippen molar-refractivity contribution in [1.29, 1.82) is 0 Å². The number of rotatable bonds is 6. The van der Waals surface area contributed by atoms with Gasteiger partial charge in [0.2, 0.25) is 5.96 Å². The Morgan fingerprint density at radius 1 is 1.37 bits per heavy atom. The van der Waals surface area contributed by atoms with Crippen molar-refractivity contribution in [3.63, 3.8) is 0 Å². The lowest BCUT2D eigenvalue weighted by molar-refractivity contribution is -0.385. The number of aromatic nitrogens is 2. The molecule has 0 atom stereocenters. The number of hydrogen-bond acceptors (Lipinski definition) is 8. The van der Waals surface area contributed by atoms with E-state index in [-0.39, 0.29) is 17.4 Å². The average Bonchev–Trinajstić information content (AvgIpc) is 3.22. The van der Waals surface area contributed by atoms with Crippen molar-refractivity contribution in [2.75, 3.05) is 20.0 Å². The van der Waals surface area contributed by atoms with Gasteiger partial charge in [-0.15, -0.1) is 5.10 Å². The van der Waals surface area contributed by atoms with Crippen LogP contribution in [0.3, 0.4) is 0 Å². The number of guanidine groups is 1. The number of methoxy groups -OCH3 is 2. The Morgan fingerprint density at radius 3 is 2.74 bits per heavy atom. The third-order valence-electron chi connectivity index (χ3n) is 3.82. The summed E-state index contributed by atoms with van der Waals surface area (Å²) in [4.78, 5) is 15.4. The molecule has 27 heavy (non-hydrogen) atoms. The molecule has 12 heteroatoms. The molecule has 1 aliphatic rings. The molecule has 0 bridgehead atoms. The van der Waals surface area contributed by atoms with Gasteiger partial charge < -0.3 is 25.5 Å². The Labute approximate surface area is 158 Å². The first-order valence-corrected chi connectivity index (χ1v) is 8.71. The van der Waals surface area contributed by atoms with Gasteiger partial charge in [-0.05, 0) is 0 Å². The monoisotopic (exact) mass is 391 g/mol. The fourth-order valence-corrected chi connectivity index (χ4v) is 3.64. The summed E-state index contributed by atoms with van der Waals surface area (Å²) in [6, 6.07) is 2.83. The zero-order valence-electron chi connectivity index (χ0n) is 14.6. The van der Waals surface area contributed by atoms with Crippen molar-refractivity contribution in [3.05, 3.63) is 27.9 Å². The highest BCUT2D eigenvalue weighted by Gasteiger charge is 2.27. The Kier molecular flexibility index (Phi) is 5.16. The lowest BCUT2D eigenvalue weighted by Gasteiger charge is -2.11. The SMILES string of the molecule is COc1cc([N+](=O)[O-])c(OC)cc1-c1nc2n(c1/C=N/N=C(N)N)CCS2. The van der Waals surface area contributed by atoms with Gasteiger partial charge in [-0.1, -0.05) is 11.8 Å². The zero-order valence-corrected chi connectivity index (χ0v) is 15.4. The van der Waals surface area contributed by atoms with Crippen LogP contribution in [0.5, 0.6) is 11.5 Å². The molecular weight excluding hydrogens is 374 g/mol. The van der Waals surface area contributed by atoms with Crippen molar-refractivity contribution < 1.29 is 14.4 Å². The number of benzene rings is 1. The summed E-state index contributed by atoms with van der Waals surface area (Å²) in [5.41, 5.74) is 12.2. The average molecular weight is 391 g/mol. The van der Waals surface area contributed by atoms with E-state index in [4.69, 9.17) is 20.9 Å². The summed E-state index contributed by atoms with van der Waals surface area (Å²) in [7, 11) is 2.80. The predicted molar refractivity (Wildman–Crippen MR) is 102 cm³/mol. The Morgan fingerprint density at radius 2 is 2.11 bits per heavy atom. The summed E-state index contributed by atoms with van der Waals surface area (Å²) in [6.45, 7) is 0.739. The molecule has 3 rings (SSSR count). The van der Waals surface area contributed by atoms with Gasteiger partial charge in [-0.25, -0.2) is 4.98 Å². The number of hydrogen-bond donors (Lipinski definition) is 2. The van der Waals surface area contributed by atoms with Crippen LogP contribution in [0, 0.1) is 10.1 Å². The molecule has 4 N–H and O–H groups in total. The normalized spacial score (nSPS) is 12.8. The van der Waals surface area contributed by atoms with Crippen molar-refractivity contribution in [2.45, 2.75) is 11.7 Å². The molecule has 1 aliphatic heterocycles. The first kappa shape index (κ1) is 18.5. The van der Waals surface area contributed by atoms with Crippen molar-refractivity contribution in [2.24, 2.45) is 21.7 Å². The second-order valence-corrected chi connectivity index (χ2v) is 6.44. The Hall–Kier alpha value is -3.28. The fraction of sp³-hybridized carbons (Fsp3) is 0.267. The van der Waals surface area contributed by atoms with E-state index in [9.17, 15) is 10.1 Å². The number of ether oxygens (including phenoxy) is 2. The van der Waals surface area contributed by atoms with E-state index < -0.39 is 4.92 Å². The van der Waals surface area contributed by atoms with Gasteiger partial charge in [0.25, 0.3) is 0 Å². The third-order valence-corrected chi connectivity index (χ3v) is 4.78. The minimum atomic E-state index is -0.532. The largest absolute Gasteiger partial charge is 0.496 e. The van der Waals surface area contributed by atoms with Gasteiger partial charge in [0.15, 0.2) is 10.9 Å². The van der Waals surface area contributed by atoms with Crippen LogP contribution < -0.4 is 20.9 Å². The second-order valence-electron chi connectivity index (χ2n) is 5.38. The molecule has 2 heterocycles. The summed E-state index contributed by atoms with van der Waals surface area (Å²) < 4.78 is 12.5. The summed E-state index contributed by atoms with van der Waals surface area (Å²) in [5, 5.41) is 19.6. The molecular formula is C15H17N7O4S. The standard InChI is InChI=1S/C15H17N7O4S/c1-25-11-6-9(22(23)24)12(26-2)5-8(11)13-10(7-18-20-14(16)17)21-3-4-27-15(21)19-13/h5-7H,3-4H2,1-2H3,(H4,16,17,20)/b18-7+. The van der Waals surface area contributed by atoms with Crippen LogP contribution in [0.25, 0.3) is 11.3 Å². The molecule has 0 saturated heterocycles. The minimum Gasteiger partial charge on any atom is -0.496 e. The molecule has 0 amide bonds. The van der Waals surface area contributed by atoms with E-state index in [0.29, 0.717) is 22.7 Å². The Balaban J connectivity index is 2.20. The first-order chi connectivity index (χ1) is 13.0. The number of nitrogens with zero attached hydrogens (tertiary/aromatic N) is 5. The number of nitro benzene ring substituents is 1. The maximum absolute atomic E-state index is 11.3. The van der Waals surface area contributed by atoms with Crippen molar-refractivity contribution >= 4 is 29.6 Å². The van der Waals surface area contributed by atoms with E-state index in [2.05, 4.69) is 15.2 Å². The van der Waals surface area contributed by atoms with Crippen LogP contribution in [0.15, 0.2) is 27.5 Å². The Bertz CT molecular complexity index is 950. The van der Waals surface area contributed by atoms with Gasteiger partial charge in [-0.3, -0.25) is 10.1 Å². The topological polar surface area (TPSA) is 156 Å². The van der Waals surface area contributed by atoms with Crippen LogP contribution in [0.1, 0.15) is 5.69 Å². The van der Waals surface area contributed by atoms with Crippen LogP contribution in [0.2, 0.25) is 0 Å². The highest BCUT2D eigenvalue weighted by molar-refractivity contribution is 7.99. The number of nitro groups is 1. The molecule has 2 aromatic rings. The molecule has 1 aromatic carbocycles. The van der Waals surface area contributed by atoms with Gasteiger partial charge in [0.05, 0.1) is 37.1 Å². The number of imidazole rings is 1. The van der Waals surface area contributed by atoms with Crippen LogP contribution in [-0.4, -0.2) is 46.6 Å². The fourth-order valence-electron chi connectivity index (χ4n) is 2.69. The molecule has 11 nitrogen and oxygen atoms in total. The molecule has 0 fully saturated rings. The van der Waals surface area contributed by atoms with Gasteiger partial charge in [-0.2, -0.15) is 5.10 Å². The predicted octanol–water partition coefficient (Wildman–Crippen LogP) is 1.19. The van der Waals surface area contributed by atoms with Crippen molar-refractivity contribution in [1.82, 2.24) is 9.55 Å². The van der Waals surface area contributed by atoms with E-state index in [0.717, 1.165) is 17.5 Å². The lowest BCUT2D eigenvalue weighted by Crippen LogP contribution is -2.21. The molecule has 0 unspecified atom stereocenters. The summed E-state index contributed by atoms with van der Waals surface area (Å²) in [5.74, 6) is 1.11. The van der Waals surface area contributed by atoms with Gasteiger partial charge >= 0.3 is 5.69 Å². The zero-order chi connectivity index (χ0) is 19.6. The second kappa shape index (κ2) is 7.53. The molecule has 0 spiro atoms. The van der Waals surface area contributed by atoms with E-state index in [1.807, 2.05) is 4.57 Å². The molecule has 0 radical (unpaired) electrons. The van der Waals surface area contributed by atoms with E-state index in [1.165, 1.54) is 32.6 Å². The van der Waals surface area contributed by atoms with Gasteiger partial charge in [0, 0.05) is 23.9 Å². The smallest absolute Gasteiger partial charge is 0.314 e. The number of fused-ring (bicyclic) bond motifs is 1. The highest BCUT2D eigenvalue weighted by Crippen LogP contribution is 2.42.